The molecule has 1 heterocycles. The fraction of sp³-hybridized carbons (Fsp3) is 0.588. The van der Waals surface area contributed by atoms with E-state index in [9.17, 15) is 0 Å². The summed E-state index contributed by atoms with van der Waals surface area (Å²) in [5.74, 6) is 2.45. The molecule has 0 radical (unpaired) electrons. The van der Waals surface area contributed by atoms with Gasteiger partial charge in [0.25, 0.3) is 0 Å². The molecule has 6 nitrogen and oxygen atoms in total. The second-order valence-corrected chi connectivity index (χ2v) is 5.87. The number of ether oxygens (including phenoxy) is 2. The van der Waals surface area contributed by atoms with Crippen LogP contribution in [-0.4, -0.2) is 51.3 Å². The van der Waals surface area contributed by atoms with E-state index in [4.69, 9.17) is 15.2 Å². The molecule has 0 bridgehead atoms. The number of hydrogen-bond donors (Lipinski definition) is 2. The third-order valence-corrected chi connectivity index (χ3v) is 4.10. The van der Waals surface area contributed by atoms with Crippen molar-refractivity contribution in [2.75, 3.05) is 45.7 Å². The lowest BCUT2D eigenvalue weighted by Gasteiger charge is -2.14. The molecule has 1 aromatic rings. The van der Waals surface area contributed by atoms with E-state index in [1.807, 2.05) is 18.2 Å². The highest BCUT2D eigenvalue weighted by molar-refractivity contribution is 5.94. The number of nitrogens with one attached hydrogen (secondary N) is 1. The summed E-state index contributed by atoms with van der Waals surface area (Å²) >= 11 is 0. The third-order valence-electron chi connectivity index (χ3n) is 4.10. The van der Waals surface area contributed by atoms with Crippen LogP contribution in [-0.2, 0) is 0 Å². The lowest BCUT2D eigenvalue weighted by Crippen LogP contribution is -2.25. The average molecular weight is 320 g/mol. The van der Waals surface area contributed by atoms with Crippen LogP contribution in [0.1, 0.15) is 19.8 Å². The van der Waals surface area contributed by atoms with Crippen LogP contribution in [0.3, 0.4) is 0 Å². The first-order valence-corrected chi connectivity index (χ1v) is 8.17. The first-order chi connectivity index (χ1) is 11.2. The maximum Gasteiger partial charge on any atom is 0.193 e. The van der Waals surface area contributed by atoms with Crippen molar-refractivity contribution in [3.8, 4) is 11.5 Å². The number of likely N-dealkylation sites (tertiary alicyclic amines) is 1. The van der Waals surface area contributed by atoms with Crippen molar-refractivity contribution in [2.45, 2.75) is 19.8 Å². The number of hydrogen-bond acceptors (Lipinski definition) is 4. The molecule has 1 aromatic carbocycles. The van der Waals surface area contributed by atoms with Crippen molar-refractivity contribution in [3.63, 3.8) is 0 Å². The topological polar surface area (TPSA) is 72.1 Å². The maximum atomic E-state index is 6.02. The molecule has 0 aromatic heterocycles. The number of nitrogens with two attached hydrogens (primary N) is 1. The average Bonchev–Trinajstić information content (AvgIpc) is 3.01. The van der Waals surface area contributed by atoms with Gasteiger partial charge in [-0.2, -0.15) is 0 Å². The molecule has 128 valence electrons. The second kappa shape index (κ2) is 8.62. The fourth-order valence-corrected chi connectivity index (χ4v) is 2.90. The highest BCUT2D eigenvalue weighted by Gasteiger charge is 2.21. The summed E-state index contributed by atoms with van der Waals surface area (Å²) in [6.07, 6.45) is 2.40. The Balaban J connectivity index is 1.92. The van der Waals surface area contributed by atoms with Crippen LogP contribution < -0.4 is 20.5 Å². The fourth-order valence-electron chi connectivity index (χ4n) is 2.90. The summed E-state index contributed by atoms with van der Waals surface area (Å²) in [5.41, 5.74) is 6.78. The van der Waals surface area contributed by atoms with Crippen LogP contribution >= 0.6 is 0 Å². The summed E-state index contributed by atoms with van der Waals surface area (Å²) in [4.78, 5) is 6.98. The van der Waals surface area contributed by atoms with E-state index in [2.05, 4.69) is 22.1 Å². The molecule has 6 heteroatoms. The van der Waals surface area contributed by atoms with Gasteiger partial charge in [0.05, 0.1) is 19.9 Å². The summed E-state index contributed by atoms with van der Waals surface area (Å²) < 4.78 is 10.6. The minimum absolute atomic E-state index is 0.408. The molecular formula is C17H28N4O2. The molecule has 1 saturated heterocycles. The highest BCUT2D eigenvalue weighted by atomic mass is 16.5. The smallest absolute Gasteiger partial charge is 0.193 e. The Hall–Kier alpha value is -1.95. The van der Waals surface area contributed by atoms with Gasteiger partial charge in [-0.05, 0) is 44.0 Å². The van der Waals surface area contributed by atoms with Crippen molar-refractivity contribution in [2.24, 2.45) is 16.6 Å². The number of anilines is 1. The van der Waals surface area contributed by atoms with Crippen LogP contribution in [0, 0.1) is 5.92 Å². The van der Waals surface area contributed by atoms with E-state index in [0.29, 0.717) is 17.6 Å². The van der Waals surface area contributed by atoms with Crippen LogP contribution in [0.25, 0.3) is 0 Å². The SMILES string of the molecule is CCCN1CCC(CN=C(N)Nc2cc(OC)ccc2OC)C1. The Morgan fingerprint density at radius 2 is 2.22 bits per heavy atom. The molecule has 3 N–H and O–H groups in total. The lowest BCUT2D eigenvalue weighted by atomic mass is 10.1. The zero-order valence-electron chi connectivity index (χ0n) is 14.3. The molecular weight excluding hydrogens is 292 g/mol. The standard InChI is InChI=1S/C17H28N4O2/c1-4-8-21-9-7-13(12-21)11-19-17(18)20-15-10-14(22-2)5-6-16(15)23-3/h5-6,10,13H,4,7-9,11-12H2,1-3H3,(H3,18,19,20). The Labute approximate surface area is 138 Å². The van der Waals surface area contributed by atoms with E-state index >= 15 is 0 Å². The Morgan fingerprint density at radius 1 is 1.39 bits per heavy atom. The minimum Gasteiger partial charge on any atom is -0.497 e. The molecule has 1 atom stereocenters. The first-order valence-electron chi connectivity index (χ1n) is 8.17. The molecule has 1 unspecified atom stereocenters. The normalized spacial score (nSPS) is 18.9. The van der Waals surface area contributed by atoms with E-state index in [1.54, 1.807) is 14.2 Å². The number of guanidine groups is 1. The predicted molar refractivity (Wildman–Crippen MR) is 94.5 cm³/mol. The van der Waals surface area contributed by atoms with Crippen molar-refractivity contribution in [1.82, 2.24) is 4.90 Å². The van der Waals surface area contributed by atoms with Crippen molar-refractivity contribution < 1.29 is 9.47 Å². The van der Waals surface area contributed by atoms with Crippen LogP contribution in [0.5, 0.6) is 11.5 Å². The number of nitrogens with zero attached hydrogens (tertiary/aromatic N) is 2. The Kier molecular flexibility index (Phi) is 6.52. The monoisotopic (exact) mass is 320 g/mol. The molecule has 1 fully saturated rings. The number of methoxy groups -OCH3 is 2. The highest BCUT2D eigenvalue weighted by Crippen LogP contribution is 2.28. The molecule has 0 amide bonds. The zero-order valence-corrected chi connectivity index (χ0v) is 14.3. The van der Waals surface area contributed by atoms with Crippen molar-refractivity contribution in [1.29, 1.82) is 0 Å². The van der Waals surface area contributed by atoms with Gasteiger partial charge in [-0.25, -0.2) is 0 Å². The van der Waals surface area contributed by atoms with Gasteiger partial charge in [-0.1, -0.05) is 6.92 Å². The van der Waals surface area contributed by atoms with Gasteiger partial charge >= 0.3 is 0 Å². The summed E-state index contributed by atoms with van der Waals surface area (Å²) in [7, 11) is 3.26. The maximum absolute atomic E-state index is 6.02. The molecule has 0 saturated carbocycles. The van der Waals surface area contributed by atoms with Gasteiger partial charge < -0.3 is 25.4 Å². The van der Waals surface area contributed by atoms with Gasteiger partial charge in [0.2, 0.25) is 0 Å². The molecule has 2 rings (SSSR count). The number of aliphatic imine (C=N–C) groups is 1. The zero-order chi connectivity index (χ0) is 16.7. The minimum atomic E-state index is 0.408. The van der Waals surface area contributed by atoms with Crippen LogP contribution in [0.2, 0.25) is 0 Å². The largest absolute Gasteiger partial charge is 0.497 e. The molecule has 0 aliphatic carbocycles. The summed E-state index contributed by atoms with van der Waals surface area (Å²) in [5, 5.41) is 3.11. The first kappa shape index (κ1) is 17.4. The van der Waals surface area contributed by atoms with Crippen LogP contribution in [0.15, 0.2) is 23.2 Å². The number of benzene rings is 1. The van der Waals surface area contributed by atoms with Gasteiger partial charge in [0.1, 0.15) is 11.5 Å². The third kappa shape index (κ3) is 5.03. The lowest BCUT2D eigenvalue weighted by molar-refractivity contribution is 0.326. The molecule has 1 aliphatic heterocycles. The molecule has 23 heavy (non-hydrogen) atoms. The Morgan fingerprint density at radius 3 is 2.91 bits per heavy atom. The molecule has 0 spiro atoms. The summed E-state index contributed by atoms with van der Waals surface area (Å²) in [6, 6.07) is 5.53. The van der Waals surface area contributed by atoms with Crippen molar-refractivity contribution in [3.05, 3.63) is 18.2 Å². The van der Waals surface area contributed by atoms with Crippen molar-refractivity contribution >= 4 is 11.6 Å². The van der Waals surface area contributed by atoms with Gasteiger partial charge in [-0.15, -0.1) is 0 Å². The van der Waals surface area contributed by atoms with Gasteiger partial charge in [-0.3, -0.25) is 4.99 Å². The second-order valence-electron chi connectivity index (χ2n) is 5.87. The van der Waals surface area contributed by atoms with Gasteiger partial charge in [0, 0.05) is 19.2 Å². The van der Waals surface area contributed by atoms with Gasteiger partial charge in [0.15, 0.2) is 5.96 Å². The molecule has 1 aliphatic rings. The predicted octanol–water partition coefficient (Wildman–Crippen LogP) is 2.16. The van der Waals surface area contributed by atoms with E-state index < -0.39 is 0 Å². The van der Waals surface area contributed by atoms with E-state index in [-0.39, 0.29) is 0 Å². The summed E-state index contributed by atoms with van der Waals surface area (Å²) in [6.45, 7) is 6.44. The Bertz CT molecular complexity index is 533. The quantitative estimate of drug-likeness (QED) is 0.595. The number of rotatable bonds is 7. The van der Waals surface area contributed by atoms with E-state index in [0.717, 1.165) is 24.5 Å². The van der Waals surface area contributed by atoms with Crippen LogP contribution in [0.4, 0.5) is 5.69 Å². The van der Waals surface area contributed by atoms with E-state index in [1.165, 1.54) is 25.9 Å².